The molecule has 30 heavy (non-hydrogen) atoms. The minimum absolute atomic E-state index is 0.0273. The molecule has 1 fully saturated rings. The summed E-state index contributed by atoms with van der Waals surface area (Å²) >= 11 is 1.37. The largest absolute Gasteiger partial charge is 0.466 e. The summed E-state index contributed by atoms with van der Waals surface area (Å²) in [7, 11) is 1.57. The number of likely N-dealkylation sites (N-methyl/N-ethyl adjacent to an activating group) is 1. The van der Waals surface area contributed by atoms with Crippen LogP contribution in [0.4, 0.5) is 5.69 Å². The van der Waals surface area contributed by atoms with Crippen LogP contribution in [0.15, 0.2) is 29.2 Å². The Bertz CT molecular complexity index is 823. The molecule has 0 bridgehead atoms. The predicted octanol–water partition coefficient (Wildman–Crippen LogP) is 1.75. The number of hydrogen-bond donors (Lipinski definition) is 1. The summed E-state index contributed by atoms with van der Waals surface area (Å²) < 4.78 is 5.05. The van der Waals surface area contributed by atoms with Gasteiger partial charge in [-0.2, -0.15) is 0 Å². The zero-order valence-electron chi connectivity index (χ0n) is 17.3. The average molecular weight is 434 g/mol. The standard InChI is InChI=1S/C21H27N3O5S/c1-3-29-21(28)14-8-10-24(11-9-14)19(26)13-23(2)18(25)12-17-20(27)22-15-6-4-5-7-16(15)30-17/h4-7,14,17H,3,8-13H2,1-2H3,(H,22,27). The van der Waals surface area contributed by atoms with Gasteiger partial charge in [0.25, 0.3) is 0 Å². The van der Waals surface area contributed by atoms with E-state index in [1.807, 2.05) is 24.3 Å². The van der Waals surface area contributed by atoms with Crippen LogP contribution in [0.1, 0.15) is 26.2 Å². The maximum atomic E-state index is 12.6. The molecule has 0 aromatic heterocycles. The highest BCUT2D eigenvalue weighted by Crippen LogP contribution is 2.36. The molecular formula is C21H27N3O5S. The molecular weight excluding hydrogens is 406 g/mol. The summed E-state index contributed by atoms with van der Waals surface area (Å²) in [6.07, 6.45) is 1.17. The highest BCUT2D eigenvalue weighted by Gasteiger charge is 2.32. The number of nitrogens with zero attached hydrogens (tertiary/aromatic N) is 2. The van der Waals surface area contributed by atoms with Crippen LogP contribution < -0.4 is 5.32 Å². The van der Waals surface area contributed by atoms with E-state index < -0.39 is 5.25 Å². The fourth-order valence-corrected chi connectivity index (χ4v) is 4.66. The lowest BCUT2D eigenvalue weighted by Gasteiger charge is -2.32. The molecule has 2 heterocycles. The Morgan fingerprint density at radius 1 is 1.23 bits per heavy atom. The van der Waals surface area contributed by atoms with Gasteiger partial charge in [-0.25, -0.2) is 0 Å². The maximum absolute atomic E-state index is 12.6. The first-order valence-electron chi connectivity index (χ1n) is 10.1. The van der Waals surface area contributed by atoms with Crippen molar-refractivity contribution in [1.29, 1.82) is 0 Å². The zero-order chi connectivity index (χ0) is 21.7. The van der Waals surface area contributed by atoms with Gasteiger partial charge in [0, 0.05) is 31.5 Å². The molecule has 1 unspecified atom stereocenters. The van der Waals surface area contributed by atoms with Crippen LogP contribution in [0.25, 0.3) is 0 Å². The van der Waals surface area contributed by atoms with E-state index in [0.717, 1.165) is 10.6 Å². The minimum atomic E-state index is -0.523. The Morgan fingerprint density at radius 3 is 2.63 bits per heavy atom. The van der Waals surface area contributed by atoms with Gasteiger partial charge < -0.3 is 19.9 Å². The molecule has 1 saturated heterocycles. The predicted molar refractivity (Wildman–Crippen MR) is 113 cm³/mol. The Balaban J connectivity index is 1.47. The number of anilines is 1. The van der Waals surface area contributed by atoms with Gasteiger partial charge in [0.05, 0.1) is 30.0 Å². The van der Waals surface area contributed by atoms with E-state index in [0.29, 0.717) is 32.5 Å². The van der Waals surface area contributed by atoms with Crippen molar-refractivity contribution in [2.45, 2.75) is 36.3 Å². The highest BCUT2D eigenvalue weighted by atomic mass is 32.2. The molecule has 2 aliphatic rings. The van der Waals surface area contributed by atoms with Gasteiger partial charge in [0.2, 0.25) is 17.7 Å². The zero-order valence-corrected chi connectivity index (χ0v) is 18.1. The van der Waals surface area contributed by atoms with Crippen LogP contribution in [-0.2, 0) is 23.9 Å². The van der Waals surface area contributed by atoms with Gasteiger partial charge in [-0.3, -0.25) is 19.2 Å². The highest BCUT2D eigenvalue weighted by molar-refractivity contribution is 8.01. The second kappa shape index (κ2) is 9.97. The van der Waals surface area contributed by atoms with Crippen molar-refractivity contribution < 1.29 is 23.9 Å². The third-order valence-corrected chi connectivity index (χ3v) is 6.61. The van der Waals surface area contributed by atoms with E-state index in [-0.39, 0.29) is 42.6 Å². The maximum Gasteiger partial charge on any atom is 0.309 e. The number of nitrogens with one attached hydrogen (secondary N) is 1. The number of carbonyl (C=O) groups excluding carboxylic acids is 4. The van der Waals surface area contributed by atoms with Crippen molar-refractivity contribution in [3.05, 3.63) is 24.3 Å². The van der Waals surface area contributed by atoms with Crippen LogP contribution in [-0.4, -0.2) is 72.0 Å². The summed E-state index contributed by atoms with van der Waals surface area (Å²) in [5, 5.41) is 2.30. The van der Waals surface area contributed by atoms with Gasteiger partial charge in [-0.05, 0) is 31.9 Å². The Kier molecular flexibility index (Phi) is 7.36. The van der Waals surface area contributed by atoms with Crippen LogP contribution in [0, 0.1) is 5.92 Å². The topological polar surface area (TPSA) is 96.0 Å². The normalized spacial score (nSPS) is 18.9. The van der Waals surface area contributed by atoms with E-state index >= 15 is 0 Å². The SMILES string of the molecule is CCOC(=O)C1CCN(C(=O)CN(C)C(=O)CC2Sc3ccccc3NC2=O)CC1. The van der Waals surface area contributed by atoms with Gasteiger partial charge in [0.15, 0.2) is 0 Å². The second-order valence-corrected chi connectivity index (χ2v) is 8.70. The quantitative estimate of drug-likeness (QED) is 0.687. The van der Waals surface area contributed by atoms with E-state index in [1.165, 1.54) is 16.7 Å². The van der Waals surface area contributed by atoms with Gasteiger partial charge in [0.1, 0.15) is 0 Å². The first-order chi connectivity index (χ1) is 14.4. The van der Waals surface area contributed by atoms with Crippen LogP contribution in [0.3, 0.4) is 0 Å². The van der Waals surface area contributed by atoms with Gasteiger partial charge >= 0.3 is 5.97 Å². The lowest BCUT2D eigenvalue weighted by Crippen LogP contribution is -2.46. The number of para-hydroxylation sites is 1. The van der Waals surface area contributed by atoms with Crippen molar-refractivity contribution in [2.75, 3.05) is 38.6 Å². The number of ether oxygens (including phenoxy) is 1. The fourth-order valence-electron chi connectivity index (χ4n) is 3.56. The Labute approximate surface area is 180 Å². The lowest BCUT2D eigenvalue weighted by molar-refractivity contribution is -0.151. The van der Waals surface area contributed by atoms with Gasteiger partial charge in [-0.1, -0.05) is 12.1 Å². The number of piperidine rings is 1. The van der Waals surface area contributed by atoms with E-state index in [9.17, 15) is 19.2 Å². The number of thioether (sulfide) groups is 1. The van der Waals surface area contributed by atoms with Gasteiger partial charge in [-0.15, -0.1) is 11.8 Å². The molecule has 0 saturated carbocycles. The van der Waals surface area contributed by atoms with Crippen LogP contribution in [0.2, 0.25) is 0 Å². The average Bonchev–Trinajstić information content (AvgIpc) is 2.74. The third kappa shape index (κ3) is 5.33. The molecule has 162 valence electrons. The Hall–Kier alpha value is -2.55. The fraction of sp³-hybridized carbons (Fsp3) is 0.524. The number of benzene rings is 1. The van der Waals surface area contributed by atoms with Crippen molar-refractivity contribution in [3.63, 3.8) is 0 Å². The van der Waals surface area contributed by atoms with Crippen molar-refractivity contribution in [1.82, 2.24) is 9.80 Å². The molecule has 0 aliphatic carbocycles. The number of carbonyl (C=O) groups is 4. The molecule has 3 rings (SSSR count). The van der Waals surface area contributed by atoms with E-state index in [2.05, 4.69) is 5.32 Å². The molecule has 1 atom stereocenters. The molecule has 3 amide bonds. The minimum Gasteiger partial charge on any atom is -0.466 e. The van der Waals surface area contributed by atoms with E-state index in [1.54, 1.807) is 18.9 Å². The first-order valence-corrected chi connectivity index (χ1v) is 11.0. The van der Waals surface area contributed by atoms with E-state index in [4.69, 9.17) is 4.74 Å². The first kappa shape index (κ1) is 22.1. The molecule has 8 nitrogen and oxygen atoms in total. The molecule has 9 heteroatoms. The smallest absolute Gasteiger partial charge is 0.309 e. The summed E-state index contributed by atoms with van der Waals surface area (Å²) in [5.74, 6) is -0.983. The summed E-state index contributed by atoms with van der Waals surface area (Å²) in [6, 6.07) is 7.47. The Morgan fingerprint density at radius 2 is 1.93 bits per heavy atom. The number of fused-ring (bicyclic) bond motifs is 1. The number of hydrogen-bond acceptors (Lipinski definition) is 6. The molecule has 1 aromatic rings. The molecule has 0 radical (unpaired) electrons. The summed E-state index contributed by atoms with van der Waals surface area (Å²) in [4.78, 5) is 53.3. The van der Waals surface area contributed by atoms with Crippen LogP contribution >= 0.6 is 11.8 Å². The summed E-state index contributed by atoms with van der Waals surface area (Å²) in [5.41, 5.74) is 0.756. The van der Waals surface area contributed by atoms with Crippen LogP contribution in [0.5, 0.6) is 0 Å². The number of esters is 1. The monoisotopic (exact) mass is 433 g/mol. The molecule has 1 aromatic carbocycles. The molecule has 2 aliphatic heterocycles. The van der Waals surface area contributed by atoms with Crippen molar-refractivity contribution >= 4 is 41.1 Å². The molecule has 0 spiro atoms. The van der Waals surface area contributed by atoms with Crippen molar-refractivity contribution in [3.8, 4) is 0 Å². The number of likely N-dealkylation sites (tertiary alicyclic amines) is 1. The van der Waals surface area contributed by atoms with Crippen molar-refractivity contribution in [2.24, 2.45) is 5.92 Å². The third-order valence-electron chi connectivity index (χ3n) is 5.33. The number of amides is 3. The second-order valence-electron chi connectivity index (χ2n) is 7.45. The number of rotatable bonds is 6. The summed E-state index contributed by atoms with van der Waals surface area (Å²) in [6.45, 7) is 3.04. The lowest BCUT2D eigenvalue weighted by atomic mass is 9.97. The molecule has 1 N–H and O–H groups in total.